The minimum Gasteiger partial charge on any atom is -0.465 e. The second-order valence-electron chi connectivity index (χ2n) is 7.85. The van der Waals surface area contributed by atoms with Crippen molar-refractivity contribution >= 4 is 17.6 Å². The normalized spacial score (nSPS) is 30.1. The van der Waals surface area contributed by atoms with E-state index in [0.717, 1.165) is 38.9 Å². The number of ether oxygens (including phenoxy) is 4. The molecule has 0 spiro atoms. The van der Waals surface area contributed by atoms with E-state index in [1.54, 1.807) is 6.07 Å². The van der Waals surface area contributed by atoms with Crippen molar-refractivity contribution in [2.45, 2.75) is 57.4 Å². The molecule has 0 bridgehead atoms. The van der Waals surface area contributed by atoms with Crippen molar-refractivity contribution < 1.29 is 23.7 Å². The summed E-state index contributed by atoms with van der Waals surface area (Å²) in [4.78, 5) is 12.0. The number of halogens is 1. The SMILES string of the molecule is COC(=O)c1cc(Cl)c2c(c1C)OC(C)(C1CCC(NC3COC3)CC1)O2. The third kappa shape index (κ3) is 3.39. The van der Waals surface area contributed by atoms with Crippen molar-refractivity contribution in [3.63, 3.8) is 0 Å². The van der Waals surface area contributed by atoms with Gasteiger partial charge in [-0.15, -0.1) is 0 Å². The number of fused-ring (bicyclic) bond motifs is 1. The van der Waals surface area contributed by atoms with Crippen molar-refractivity contribution in [2.75, 3.05) is 20.3 Å². The number of rotatable bonds is 4. The Labute approximate surface area is 164 Å². The average molecular weight is 396 g/mol. The molecule has 1 atom stereocenters. The predicted octanol–water partition coefficient (Wildman–Crippen LogP) is 3.47. The van der Waals surface area contributed by atoms with Gasteiger partial charge in [0.15, 0.2) is 11.5 Å². The molecule has 148 valence electrons. The summed E-state index contributed by atoms with van der Waals surface area (Å²) in [5, 5.41) is 4.04. The zero-order valence-corrected chi connectivity index (χ0v) is 16.7. The molecule has 6 nitrogen and oxygen atoms in total. The molecule has 1 saturated carbocycles. The zero-order valence-electron chi connectivity index (χ0n) is 16.0. The maximum Gasteiger partial charge on any atom is 0.338 e. The number of hydrogen-bond acceptors (Lipinski definition) is 6. The molecule has 2 fully saturated rings. The second-order valence-corrected chi connectivity index (χ2v) is 8.26. The first kappa shape index (κ1) is 18.8. The first-order valence-corrected chi connectivity index (χ1v) is 9.92. The molecule has 1 N–H and O–H groups in total. The Balaban J connectivity index is 1.47. The Kier molecular flexibility index (Phi) is 4.99. The highest BCUT2D eigenvalue weighted by molar-refractivity contribution is 6.32. The third-order valence-electron chi connectivity index (χ3n) is 6.03. The number of esters is 1. The van der Waals surface area contributed by atoms with Gasteiger partial charge in [0.1, 0.15) is 0 Å². The number of benzene rings is 1. The lowest BCUT2D eigenvalue weighted by Gasteiger charge is -2.39. The smallest absolute Gasteiger partial charge is 0.338 e. The van der Waals surface area contributed by atoms with E-state index in [1.807, 2.05) is 13.8 Å². The lowest BCUT2D eigenvalue weighted by molar-refractivity contribution is -0.122. The van der Waals surface area contributed by atoms with E-state index in [-0.39, 0.29) is 5.92 Å². The van der Waals surface area contributed by atoms with E-state index in [0.29, 0.717) is 39.7 Å². The lowest BCUT2D eigenvalue weighted by atomic mass is 9.81. The molecular formula is C20H26ClNO5. The van der Waals surface area contributed by atoms with Crippen molar-refractivity contribution in [1.82, 2.24) is 5.32 Å². The first-order chi connectivity index (χ1) is 12.9. The fourth-order valence-corrected chi connectivity index (χ4v) is 4.52. The molecule has 2 aliphatic heterocycles. The molecule has 1 aromatic rings. The van der Waals surface area contributed by atoms with Gasteiger partial charge in [0.2, 0.25) is 0 Å². The fraction of sp³-hybridized carbons (Fsp3) is 0.650. The Bertz CT molecular complexity index is 742. The van der Waals surface area contributed by atoms with Gasteiger partial charge in [-0.1, -0.05) is 11.6 Å². The highest BCUT2D eigenvalue weighted by atomic mass is 35.5. The van der Waals surface area contributed by atoms with E-state index in [4.69, 9.17) is 30.5 Å². The molecular weight excluding hydrogens is 370 g/mol. The van der Waals surface area contributed by atoms with E-state index in [2.05, 4.69) is 5.32 Å². The van der Waals surface area contributed by atoms with E-state index >= 15 is 0 Å². The summed E-state index contributed by atoms with van der Waals surface area (Å²) in [6.45, 7) is 5.44. The Morgan fingerprint density at radius 1 is 1.19 bits per heavy atom. The average Bonchev–Trinajstić information content (AvgIpc) is 3.01. The lowest BCUT2D eigenvalue weighted by Crippen LogP contribution is -2.53. The Morgan fingerprint density at radius 2 is 1.85 bits per heavy atom. The number of carbonyl (C=O) groups excluding carboxylic acids is 1. The molecule has 1 aromatic carbocycles. The van der Waals surface area contributed by atoms with Crippen molar-refractivity contribution in [1.29, 1.82) is 0 Å². The van der Waals surface area contributed by atoms with Crippen LogP contribution in [0.5, 0.6) is 11.5 Å². The van der Waals surface area contributed by atoms with Crippen LogP contribution in [0, 0.1) is 12.8 Å². The molecule has 0 radical (unpaired) electrons. The minimum absolute atomic E-state index is 0.262. The van der Waals surface area contributed by atoms with Gasteiger partial charge in [0.05, 0.1) is 37.0 Å². The standard InChI is InChI=1S/C20H26ClNO5/c1-11-15(19(23)24-3)8-16(21)18-17(11)26-20(2,27-18)12-4-6-13(7-5-12)22-14-9-25-10-14/h8,12-14,22H,4-7,9-10H2,1-3H3. The van der Waals surface area contributed by atoms with Crippen molar-refractivity contribution in [3.05, 3.63) is 22.2 Å². The summed E-state index contributed by atoms with van der Waals surface area (Å²) in [6.07, 6.45) is 4.19. The monoisotopic (exact) mass is 395 g/mol. The van der Waals surface area contributed by atoms with Crippen LogP contribution < -0.4 is 14.8 Å². The molecule has 2 heterocycles. The molecule has 7 heteroatoms. The number of methoxy groups -OCH3 is 1. The Morgan fingerprint density at radius 3 is 2.44 bits per heavy atom. The quantitative estimate of drug-likeness (QED) is 0.787. The third-order valence-corrected chi connectivity index (χ3v) is 6.31. The first-order valence-electron chi connectivity index (χ1n) is 9.54. The van der Waals surface area contributed by atoms with Crippen LogP contribution in [-0.4, -0.2) is 44.2 Å². The van der Waals surface area contributed by atoms with Crippen LogP contribution in [0.2, 0.25) is 5.02 Å². The second kappa shape index (κ2) is 7.15. The maximum atomic E-state index is 12.0. The molecule has 0 amide bonds. The van der Waals surface area contributed by atoms with Crippen LogP contribution in [-0.2, 0) is 9.47 Å². The maximum absolute atomic E-state index is 12.0. The molecule has 4 rings (SSSR count). The topological polar surface area (TPSA) is 66.0 Å². The van der Waals surface area contributed by atoms with E-state index in [9.17, 15) is 4.79 Å². The van der Waals surface area contributed by atoms with Crippen LogP contribution in [0.4, 0.5) is 0 Å². The summed E-state index contributed by atoms with van der Waals surface area (Å²) >= 11 is 6.38. The molecule has 1 saturated heterocycles. The van der Waals surface area contributed by atoms with Gasteiger partial charge in [0, 0.05) is 24.4 Å². The molecule has 0 aromatic heterocycles. The zero-order chi connectivity index (χ0) is 19.2. The largest absolute Gasteiger partial charge is 0.465 e. The van der Waals surface area contributed by atoms with Crippen LogP contribution >= 0.6 is 11.6 Å². The predicted molar refractivity (Wildman–Crippen MR) is 101 cm³/mol. The highest BCUT2D eigenvalue weighted by Gasteiger charge is 2.47. The van der Waals surface area contributed by atoms with Gasteiger partial charge in [-0.05, 0) is 38.7 Å². The summed E-state index contributed by atoms with van der Waals surface area (Å²) in [7, 11) is 1.35. The van der Waals surface area contributed by atoms with Crippen molar-refractivity contribution in [2.24, 2.45) is 5.92 Å². The van der Waals surface area contributed by atoms with Gasteiger partial charge in [-0.25, -0.2) is 4.79 Å². The molecule has 3 aliphatic rings. The van der Waals surface area contributed by atoms with Gasteiger partial charge in [-0.3, -0.25) is 0 Å². The molecule has 1 aliphatic carbocycles. The van der Waals surface area contributed by atoms with Gasteiger partial charge in [0.25, 0.3) is 5.79 Å². The van der Waals surface area contributed by atoms with Gasteiger partial charge >= 0.3 is 5.97 Å². The van der Waals surface area contributed by atoms with Crippen LogP contribution in [0.25, 0.3) is 0 Å². The fourth-order valence-electron chi connectivity index (χ4n) is 4.28. The van der Waals surface area contributed by atoms with Gasteiger partial charge < -0.3 is 24.3 Å². The van der Waals surface area contributed by atoms with Crippen molar-refractivity contribution in [3.8, 4) is 11.5 Å². The molecule has 27 heavy (non-hydrogen) atoms. The number of nitrogens with one attached hydrogen (secondary N) is 1. The summed E-state index contributed by atoms with van der Waals surface area (Å²) < 4.78 is 22.6. The number of hydrogen-bond donors (Lipinski definition) is 1. The molecule has 1 unspecified atom stereocenters. The Hall–Kier alpha value is -1.50. The van der Waals surface area contributed by atoms with Crippen LogP contribution in [0.3, 0.4) is 0 Å². The van der Waals surface area contributed by atoms with E-state index in [1.165, 1.54) is 7.11 Å². The van der Waals surface area contributed by atoms with Crippen LogP contribution in [0.15, 0.2) is 6.07 Å². The van der Waals surface area contributed by atoms with Gasteiger partial charge in [-0.2, -0.15) is 0 Å². The summed E-state index contributed by atoms with van der Waals surface area (Å²) in [5.41, 5.74) is 1.11. The van der Waals surface area contributed by atoms with E-state index < -0.39 is 11.8 Å². The highest BCUT2D eigenvalue weighted by Crippen LogP contribution is 2.51. The summed E-state index contributed by atoms with van der Waals surface area (Å²) in [5.74, 6) is 0.141. The summed E-state index contributed by atoms with van der Waals surface area (Å²) in [6, 6.07) is 2.63. The number of carbonyl (C=O) groups is 1. The van der Waals surface area contributed by atoms with Crippen LogP contribution in [0.1, 0.15) is 48.5 Å². The minimum atomic E-state index is -0.768.